The van der Waals surface area contributed by atoms with Crippen molar-refractivity contribution in [3.05, 3.63) is 29.3 Å². The Morgan fingerprint density at radius 3 is 2.65 bits per heavy atom. The van der Waals surface area contributed by atoms with E-state index in [-0.39, 0.29) is 5.91 Å². The molecule has 1 aromatic carbocycles. The maximum Gasteiger partial charge on any atom is 0.233 e. The zero-order valence-corrected chi connectivity index (χ0v) is 17.4. The van der Waals surface area contributed by atoms with Gasteiger partial charge in [0.05, 0.1) is 5.75 Å². The van der Waals surface area contributed by atoms with Gasteiger partial charge in [0, 0.05) is 17.8 Å². The number of nitrogens with one attached hydrogen (secondary N) is 1. The molecule has 0 spiro atoms. The maximum absolute atomic E-state index is 12.6. The highest BCUT2D eigenvalue weighted by Crippen LogP contribution is 2.30. The molecule has 2 aromatic rings. The van der Waals surface area contributed by atoms with Crippen LogP contribution in [0.3, 0.4) is 0 Å². The molecule has 2 atom stereocenters. The smallest absolute Gasteiger partial charge is 0.233 e. The first-order valence-electron chi connectivity index (χ1n) is 9.06. The van der Waals surface area contributed by atoms with Crippen molar-refractivity contribution in [1.82, 2.24) is 15.1 Å². The van der Waals surface area contributed by atoms with Crippen LogP contribution in [0.1, 0.15) is 44.2 Å². The number of rotatable bonds is 5. The molecule has 2 heterocycles. The molecule has 26 heavy (non-hydrogen) atoms. The van der Waals surface area contributed by atoms with E-state index in [1.807, 2.05) is 11.0 Å². The number of anilines is 2. The normalized spacial score (nSPS) is 20.2. The Balaban J connectivity index is 1.56. The number of hydrogen-bond donors (Lipinski definition) is 1. The van der Waals surface area contributed by atoms with Crippen molar-refractivity contribution >= 4 is 39.8 Å². The topological polar surface area (TPSA) is 58.1 Å². The van der Waals surface area contributed by atoms with Crippen LogP contribution < -0.4 is 5.32 Å². The first kappa shape index (κ1) is 19.2. The van der Waals surface area contributed by atoms with Gasteiger partial charge in [-0.25, -0.2) is 0 Å². The zero-order chi connectivity index (χ0) is 18.7. The van der Waals surface area contributed by atoms with Crippen LogP contribution in [0.5, 0.6) is 0 Å². The van der Waals surface area contributed by atoms with Gasteiger partial charge in [-0.1, -0.05) is 29.2 Å². The minimum absolute atomic E-state index is 0.202. The number of thioether (sulfide) groups is 1. The van der Waals surface area contributed by atoms with Crippen molar-refractivity contribution in [1.29, 1.82) is 0 Å². The van der Waals surface area contributed by atoms with Crippen LogP contribution in [0.15, 0.2) is 22.5 Å². The van der Waals surface area contributed by atoms with Crippen molar-refractivity contribution in [3.8, 4) is 0 Å². The van der Waals surface area contributed by atoms with Crippen molar-refractivity contribution in [3.63, 3.8) is 0 Å². The van der Waals surface area contributed by atoms with Gasteiger partial charge in [0.25, 0.3) is 0 Å². The molecule has 140 valence electrons. The first-order chi connectivity index (χ1) is 12.4. The van der Waals surface area contributed by atoms with Gasteiger partial charge in [-0.3, -0.25) is 4.79 Å². The van der Waals surface area contributed by atoms with Gasteiger partial charge in [-0.05, 0) is 70.2 Å². The second-order valence-corrected chi connectivity index (χ2v) is 9.22. The number of aromatic nitrogens is 2. The molecule has 1 saturated heterocycles. The lowest BCUT2D eigenvalue weighted by Crippen LogP contribution is -2.48. The van der Waals surface area contributed by atoms with E-state index in [0.29, 0.717) is 17.8 Å². The standard InChI is InChI=1S/C19H26N4OS2/c1-12-8-9-16(10-13(12)2)20-18-21-22-19(26-18)25-11-17(24)23-14(3)6-5-7-15(23)4/h8-10,14-15H,5-7,11H2,1-4H3,(H,20,21)/t14-,15+. The van der Waals surface area contributed by atoms with E-state index in [2.05, 4.69) is 55.3 Å². The average Bonchev–Trinajstić information content (AvgIpc) is 3.04. The molecule has 1 aliphatic rings. The second-order valence-electron chi connectivity index (χ2n) is 7.02. The summed E-state index contributed by atoms with van der Waals surface area (Å²) in [6, 6.07) is 6.91. The Bertz CT molecular complexity index is 767. The Kier molecular flexibility index (Phi) is 6.19. The highest BCUT2D eigenvalue weighted by Gasteiger charge is 2.28. The van der Waals surface area contributed by atoms with E-state index < -0.39 is 0 Å². The first-order valence-corrected chi connectivity index (χ1v) is 10.9. The number of carbonyl (C=O) groups excluding carboxylic acids is 1. The molecule has 0 bridgehead atoms. The van der Waals surface area contributed by atoms with Crippen LogP contribution in [0.25, 0.3) is 0 Å². The monoisotopic (exact) mass is 390 g/mol. The molecule has 7 heteroatoms. The lowest BCUT2D eigenvalue weighted by Gasteiger charge is -2.39. The molecule has 3 rings (SSSR count). The van der Waals surface area contributed by atoms with E-state index >= 15 is 0 Å². The third kappa shape index (κ3) is 4.57. The molecule has 1 aromatic heterocycles. The van der Waals surface area contributed by atoms with Crippen LogP contribution >= 0.6 is 23.1 Å². The van der Waals surface area contributed by atoms with Gasteiger partial charge in [-0.15, -0.1) is 10.2 Å². The maximum atomic E-state index is 12.6. The van der Waals surface area contributed by atoms with Crippen LogP contribution in [-0.4, -0.2) is 38.8 Å². The van der Waals surface area contributed by atoms with Gasteiger partial charge in [0.2, 0.25) is 11.0 Å². The number of likely N-dealkylation sites (tertiary alicyclic amines) is 1. The molecular weight excluding hydrogens is 364 g/mol. The molecule has 0 saturated carbocycles. The quantitative estimate of drug-likeness (QED) is 0.745. The summed E-state index contributed by atoms with van der Waals surface area (Å²) in [6.07, 6.45) is 3.41. The van der Waals surface area contributed by atoms with E-state index in [0.717, 1.165) is 28.0 Å². The fourth-order valence-electron chi connectivity index (χ4n) is 3.37. The fraction of sp³-hybridized carbons (Fsp3) is 0.526. The SMILES string of the molecule is Cc1ccc(Nc2nnc(SCC(=O)N3[C@H](C)CCC[C@@H]3C)s2)cc1C. The Morgan fingerprint density at radius 2 is 1.96 bits per heavy atom. The van der Waals surface area contributed by atoms with Crippen LogP contribution in [0, 0.1) is 13.8 Å². The van der Waals surface area contributed by atoms with Crippen LogP contribution in [0.4, 0.5) is 10.8 Å². The summed E-state index contributed by atoms with van der Waals surface area (Å²) in [4.78, 5) is 14.7. The Hall–Kier alpha value is -1.60. The van der Waals surface area contributed by atoms with Crippen LogP contribution in [0.2, 0.25) is 0 Å². The minimum Gasteiger partial charge on any atom is -0.337 e. The van der Waals surface area contributed by atoms with Gasteiger partial charge in [0.15, 0.2) is 4.34 Å². The van der Waals surface area contributed by atoms with E-state index in [1.165, 1.54) is 40.6 Å². The number of hydrogen-bond acceptors (Lipinski definition) is 6. The predicted octanol–water partition coefficient (Wildman–Crippen LogP) is 4.78. The Labute approximate surface area is 163 Å². The largest absolute Gasteiger partial charge is 0.337 e. The third-order valence-corrected chi connectivity index (χ3v) is 6.92. The van der Waals surface area contributed by atoms with Crippen molar-refractivity contribution in [2.24, 2.45) is 0 Å². The summed E-state index contributed by atoms with van der Waals surface area (Å²) in [5.41, 5.74) is 3.51. The molecule has 0 unspecified atom stereocenters. The molecular formula is C19H26N4OS2. The summed E-state index contributed by atoms with van der Waals surface area (Å²) in [6.45, 7) is 8.49. The zero-order valence-electron chi connectivity index (χ0n) is 15.8. The summed E-state index contributed by atoms with van der Waals surface area (Å²) in [5, 5.41) is 12.4. The summed E-state index contributed by atoms with van der Waals surface area (Å²) in [5.74, 6) is 0.626. The molecule has 1 aliphatic heterocycles. The predicted molar refractivity (Wildman–Crippen MR) is 109 cm³/mol. The van der Waals surface area contributed by atoms with E-state index in [4.69, 9.17) is 0 Å². The summed E-state index contributed by atoms with van der Waals surface area (Å²) < 4.78 is 0.821. The third-order valence-electron chi connectivity index (χ3n) is 4.97. The Morgan fingerprint density at radius 1 is 1.23 bits per heavy atom. The lowest BCUT2D eigenvalue weighted by molar-refractivity contribution is -0.134. The number of piperidine rings is 1. The molecule has 0 radical (unpaired) electrons. The highest BCUT2D eigenvalue weighted by molar-refractivity contribution is 8.01. The number of benzene rings is 1. The molecule has 1 amide bonds. The number of carbonyl (C=O) groups is 1. The van der Waals surface area contributed by atoms with Gasteiger partial charge in [-0.2, -0.15) is 0 Å². The molecule has 0 aliphatic carbocycles. The number of aryl methyl sites for hydroxylation is 2. The summed E-state index contributed by atoms with van der Waals surface area (Å²) in [7, 11) is 0. The molecule has 1 fully saturated rings. The second kappa shape index (κ2) is 8.39. The fourth-order valence-corrected chi connectivity index (χ4v) is 5.01. The van der Waals surface area contributed by atoms with E-state index in [1.54, 1.807) is 0 Å². The van der Waals surface area contributed by atoms with Gasteiger partial charge >= 0.3 is 0 Å². The van der Waals surface area contributed by atoms with Crippen molar-refractivity contribution in [2.45, 2.75) is 63.4 Å². The number of nitrogens with zero attached hydrogens (tertiary/aromatic N) is 3. The molecule has 5 nitrogen and oxygen atoms in total. The van der Waals surface area contributed by atoms with Crippen molar-refractivity contribution < 1.29 is 4.79 Å². The van der Waals surface area contributed by atoms with Crippen molar-refractivity contribution in [2.75, 3.05) is 11.1 Å². The number of amides is 1. The highest BCUT2D eigenvalue weighted by atomic mass is 32.2. The van der Waals surface area contributed by atoms with Gasteiger partial charge in [0.1, 0.15) is 0 Å². The van der Waals surface area contributed by atoms with Crippen LogP contribution in [-0.2, 0) is 4.79 Å². The molecule has 1 N–H and O–H groups in total. The average molecular weight is 391 g/mol. The minimum atomic E-state index is 0.202. The van der Waals surface area contributed by atoms with Gasteiger partial charge < -0.3 is 10.2 Å². The van der Waals surface area contributed by atoms with E-state index in [9.17, 15) is 4.79 Å². The summed E-state index contributed by atoms with van der Waals surface area (Å²) >= 11 is 2.96. The lowest BCUT2D eigenvalue weighted by atomic mass is 9.98.